The second kappa shape index (κ2) is 7.17. The van der Waals surface area contributed by atoms with E-state index < -0.39 is 0 Å². The topological polar surface area (TPSA) is 50.7 Å². The van der Waals surface area contributed by atoms with Gasteiger partial charge in [0.2, 0.25) is 5.88 Å². The van der Waals surface area contributed by atoms with Crippen molar-refractivity contribution in [3.63, 3.8) is 0 Å². The van der Waals surface area contributed by atoms with Crippen molar-refractivity contribution in [1.29, 1.82) is 0 Å². The van der Waals surface area contributed by atoms with Crippen LogP contribution in [0.3, 0.4) is 0 Å². The molecule has 7 heteroatoms. The molecule has 4 rings (SSSR count). The van der Waals surface area contributed by atoms with E-state index in [4.69, 9.17) is 9.47 Å². The lowest BCUT2D eigenvalue weighted by Crippen LogP contribution is -2.56. The number of likely N-dealkylation sites (N-methyl/N-ethyl adjacent to an activating group) is 1. The van der Waals surface area contributed by atoms with Crippen LogP contribution in [-0.4, -0.2) is 60.3 Å². The normalized spacial score (nSPS) is 20.3. The first-order chi connectivity index (χ1) is 12.6. The average Bonchev–Trinajstić information content (AvgIpc) is 2.62. The summed E-state index contributed by atoms with van der Waals surface area (Å²) in [6.45, 7) is 4.51. The number of halogens is 1. The largest absolute Gasteiger partial charge is 0.437 e. The molecule has 26 heavy (non-hydrogen) atoms. The fourth-order valence-corrected chi connectivity index (χ4v) is 3.67. The van der Waals surface area contributed by atoms with Gasteiger partial charge in [-0.25, -0.2) is 4.39 Å². The van der Waals surface area contributed by atoms with Crippen molar-refractivity contribution in [3.05, 3.63) is 42.5 Å². The van der Waals surface area contributed by atoms with Crippen LogP contribution in [-0.2, 0) is 4.74 Å². The van der Waals surface area contributed by atoms with E-state index in [-0.39, 0.29) is 11.4 Å². The van der Waals surface area contributed by atoms with Gasteiger partial charge in [0, 0.05) is 32.2 Å². The average molecular weight is 358 g/mol. The third kappa shape index (κ3) is 3.78. The van der Waals surface area contributed by atoms with Crippen LogP contribution in [0.25, 0.3) is 0 Å². The minimum Gasteiger partial charge on any atom is -0.437 e. The number of benzene rings is 1. The fraction of sp³-hybridized carbons (Fsp3) is 0.474. The zero-order valence-electron chi connectivity index (χ0n) is 14.9. The lowest BCUT2D eigenvalue weighted by Gasteiger charge is -2.46. The van der Waals surface area contributed by atoms with Gasteiger partial charge >= 0.3 is 0 Å². The van der Waals surface area contributed by atoms with Crippen LogP contribution in [0.1, 0.15) is 12.8 Å². The first-order valence-corrected chi connectivity index (χ1v) is 8.95. The van der Waals surface area contributed by atoms with Crippen LogP contribution in [0.4, 0.5) is 10.2 Å². The molecule has 6 nitrogen and oxygen atoms in total. The summed E-state index contributed by atoms with van der Waals surface area (Å²) < 4.78 is 25.1. The van der Waals surface area contributed by atoms with Gasteiger partial charge in [0.25, 0.3) is 0 Å². The third-order valence-corrected chi connectivity index (χ3v) is 5.06. The maximum Gasteiger partial charge on any atom is 0.239 e. The number of piperidine rings is 1. The first kappa shape index (κ1) is 17.2. The summed E-state index contributed by atoms with van der Waals surface area (Å²) in [5.41, 5.74) is -0.0351. The standard InChI is InChI=1S/C19H23FN4O2/c1-23-9-10-25-19(14-23)5-7-24(8-6-19)17-12-21-13-18(22-17)26-16-4-2-3-15(20)11-16/h2-4,11-13H,5-10,14H2,1H3. The van der Waals surface area contributed by atoms with Crippen LogP contribution < -0.4 is 9.64 Å². The molecule has 0 N–H and O–H groups in total. The van der Waals surface area contributed by atoms with E-state index in [1.165, 1.54) is 12.1 Å². The fourth-order valence-electron chi connectivity index (χ4n) is 3.67. The molecule has 0 unspecified atom stereocenters. The van der Waals surface area contributed by atoms with E-state index in [0.717, 1.165) is 51.4 Å². The molecule has 1 aromatic carbocycles. The number of anilines is 1. The highest BCUT2D eigenvalue weighted by molar-refractivity contribution is 5.39. The Kier molecular flexibility index (Phi) is 4.74. The maximum absolute atomic E-state index is 13.3. The summed E-state index contributed by atoms with van der Waals surface area (Å²) in [6.07, 6.45) is 5.21. The highest BCUT2D eigenvalue weighted by Gasteiger charge is 2.39. The maximum atomic E-state index is 13.3. The van der Waals surface area contributed by atoms with Gasteiger partial charge in [-0.2, -0.15) is 4.98 Å². The van der Waals surface area contributed by atoms with Crippen LogP contribution >= 0.6 is 0 Å². The predicted molar refractivity (Wildman–Crippen MR) is 96.1 cm³/mol. The number of rotatable bonds is 3. The second-order valence-corrected chi connectivity index (χ2v) is 7.03. The molecule has 0 bridgehead atoms. The van der Waals surface area contributed by atoms with E-state index >= 15 is 0 Å². The third-order valence-electron chi connectivity index (χ3n) is 5.06. The Morgan fingerprint density at radius 3 is 2.81 bits per heavy atom. The van der Waals surface area contributed by atoms with Crippen molar-refractivity contribution >= 4 is 5.82 Å². The summed E-state index contributed by atoms with van der Waals surface area (Å²) in [5, 5.41) is 0. The van der Waals surface area contributed by atoms with Crippen LogP contribution in [0, 0.1) is 5.82 Å². The Labute approximate surface area is 152 Å². The van der Waals surface area contributed by atoms with Gasteiger partial charge in [0.05, 0.1) is 24.6 Å². The van der Waals surface area contributed by atoms with Crippen molar-refractivity contribution in [2.24, 2.45) is 0 Å². The molecule has 0 amide bonds. The monoisotopic (exact) mass is 358 g/mol. The molecule has 2 aliphatic rings. The van der Waals surface area contributed by atoms with E-state index in [2.05, 4.69) is 26.8 Å². The zero-order valence-corrected chi connectivity index (χ0v) is 14.9. The molecule has 3 heterocycles. The molecule has 138 valence electrons. The second-order valence-electron chi connectivity index (χ2n) is 7.03. The van der Waals surface area contributed by atoms with Gasteiger partial charge in [-0.1, -0.05) is 6.07 Å². The SMILES string of the molecule is CN1CCOC2(CCN(c3cncc(Oc4cccc(F)c4)n3)CC2)C1. The number of ether oxygens (including phenoxy) is 2. The molecule has 0 radical (unpaired) electrons. The Morgan fingerprint density at radius 2 is 2.04 bits per heavy atom. The Morgan fingerprint density at radius 1 is 1.19 bits per heavy atom. The highest BCUT2D eigenvalue weighted by Crippen LogP contribution is 2.31. The number of nitrogens with zero attached hydrogens (tertiary/aromatic N) is 4. The number of aromatic nitrogens is 2. The number of hydrogen-bond acceptors (Lipinski definition) is 6. The zero-order chi connectivity index (χ0) is 18.0. The van der Waals surface area contributed by atoms with Crippen molar-refractivity contribution in [2.45, 2.75) is 18.4 Å². The van der Waals surface area contributed by atoms with Crippen LogP contribution in [0.2, 0.25) is 0 Å². The Hall–Kier alpha value is -2.25. The molecule has 1 spiro atoms. The van der Waals surface area contributed by atoms with Gasteiger partial charge in [-0.15, -0.1) is 0 Å². The highest BCUT2D eigenvalue weighted by atomic mass is 19.1. The summed E-state index contributed by atoms with van der Waals surface area (Å²) in [6, 6.07) is 6.01. The van der Waals surface area contributed by atoms with Gasteiger partial charge in [0.15, 0.2) is 5.82 Å². The summed E-state index contributed by atoms with van der Waals surface area (Å²) in [5.74, 6) is 1.21. The minimum absolute atomic E-state index is 0.0351. The van der Waals surface area contributed by atoms with E-state index in [9.17, 15) is 4.39 Å². The quantitative estimate of drug-likeness (QED) is 0.841. The molecule has 0 saturated carbocycles. The molecule has 2 saturated heterocycles. The lowest BCUT2D eigenvalue weighted by molar-refractivity contribution is -0.115. The molecule has 1 aromatic heterocycles. The number of morpholine rings is 1. The molecular weight excluding hydrogens is 335 g/mol. The smallest absolute Gasteiger partial charge is 0.239 e. The Balaban J connectivity index is 1.43. The molecular formula is C19H23FN4O2. The molecule has 2 aromatic rings. The molecule has 0 atom stereocenters. The van der Waals surface area contributed by atoms with Crippen molar-refractivity contribution < 1.29 is 13.9 Å². The van der Waals surface area contributed by atoms with Gasteiger partial charge < -0.3 is 19.3 Å². The molecule has 0 aliphatic carbocycles. The van der Waals surface area contributed by atoms with Gasteiger partial charge in [0.1, 0.15) is 11.6 Å². The number of hydrogen-bond donors (Lipinski definition) is 0. The van der Waals surface area contributed by atoms with E-state index in [0.29, 0.717) is 11.6 Å². The minimum atomic E-state index is -0.342. The Bertz CT molecular complexity index is 765. The molecule has 2 fully saturated rings. The summed E-state index contributed by atoms with van der Waals surface area (Å²) >= 11 is 0. The van der Waals surface area contributed by atoms with Crippen LogP contribution in [0.5, 0.6) is 11.6 Å². The van der Waals surface area contributed by atoms with E-state index in [1.54, 1.807) is 24.5 Å². The van der Waals surface area contributed by atoms with Gasteiger partial charge in [-0.3, -0.25) is 4.98 Å². The summed E-state index contributed by atoms with van der Waals surface area (Å²) in [7, 11) is 2.15. The summed E-state index contributed by atoms with van der Waals surface area (Å²) in [4.78, 5) is 13.3. The van der Waals surface area contributed by atoms with Gasteiger partial charge in [-0.05, 0) is 32.0 Å². The predicted octanol–water partition coefficient (Wildman–Crippen LogP) is 2.71. The van der Waals surface area contributed by atoms with Crippen molar-refractivity contribution in [3.8, 4) is 11.6 Å². The first-order valence-electron chi connectivity index (χ1n) is 8.95. The van der Waals surface area contributed by atoms with Crippen molar-refractivity contribution in [1.82, 2.24) is 14.9 Å². The van der Waals surface area contributed by atoms with E-state index in [1.807, 2.05) is 0 Å². The van der Waals surface area contributed by atoms with Crippen molar-refractivity contribution in [2.75, 3.05) is 44.7 Å². The van der Waals surface area contributed by atoms with Crippen LogP contribution in [0.15, 0.2) is 36.7 Å². The lowest BCUT2D eigenvalue weighted by atomic mass is 9.89. The molecule has 2 aliphatic heterocycles.